The minimum Gasteiger partial charge on any atom is -0.309 e. The van der Waals surface area contributed by atoms with Gasteiger partial charge in [-0.3, -0.25) is 0 Å². The summed E-state index contributed by atoms with van der Waals surface area (Å²) in [5.74, 6) is 0.554. The SMILES string of the molecule is CC(CNC(C)c1cccs1)c1ccccc1. The Hall–Kier alpha value is -1.12. The van der Waals surface area contributed by atoms with Gasteiger partial charge in [0.05, 0.1) is 0 Å². The van der Waals surface area contributed by atoms with Crippen molar-refractivity contribution in [2.75, 3.05) is 6.54 Å². The van der Waals surface area contributed by atoms with Gasteiger partial charge in [0.1, 0.15) is 0 Å². The van der Waals surface area contributed by atoms with Crippen molar-refractivity contribution < 1.29 is 0 Å². The Bertz CT molecular complexity index is 421. The Morgan fingerprint density at radius 3 is 2.47 bits per heavy atom. The molecule has 0 spiro atoms. The summed E-state index contributed by atoms with van der Waals surface area (Å²) in [5.41, 5.74) is 1.40. The van der Waals surface area contributed by atoms with E-state index in [0.29, 0.717) is 12.0 Å². The molecular weight excluding hydrogens is 226 g/mol. The van der Waals surface area contributed by atoms with Gasteiger partial charge < -0.3 is 5.32 Å². The summed E-state index contributed by atoms with van der Waals surface area (Å²) in [6, 6.07) is 15.4. The quantitative estimate of drug-likeness (QED) is 0.832. The summed E-state index contributed by atoms with van der Waals surface area (Å²) in [6.07, 6.45) is 0. The Morgan fingerprint density at radius 1 is 1.06 bits per heavy atom. The number of rotatable bonds is 5. The second-order valence-corrected chi connectivity index (χ2v) is 5.44. The molecule has 2 heteroatoms. The van der Waals surface area contributed by atoms with Crippen LogP contribution >= 0.6 is 11.3 Å². The van der Waals surface area contributed by atoms with Crippen molar-refractivity contribution in [3.63, 3.8) is 0 Å². The van der Waals surface area contributed by atoms with Crippen LogP contribution in [0.25, 0.3) is 0 Å². The molecular formula is C15H19NS. The Labute approximate surface area is 108 Å². The van der Waals surface area contributed by atoms with Gasteiger partial charge in [-0.1, -0.05) is 43.3 Å². The maximum atomic E-state index is 3.59. The monoisotopic (exact) mass is 245 g/mol. The standard InChI is InChI=1S/C15H19NS/c1-12(14-7-4-3-5-8-14)11-16-13(2)15-9-6-10-17-15/h3-10,12-13,16H,11H2,1-2H3. The average Bonchev–Trinajstić information content (AvgIpc) is 2.90. The van der Waals surface area contributed by atoms with Crippen molar-refractivity contribution in [2.24, 2.45) is 0 Å². The molecule has 0 aliphatic rings. The first-order chi connectivity index (χ1) is 8.27. The average molecular weight is 245 g/mol. The first kappa shape index (κ1) is 12.3. The van der Waals surface area contributed by atoms with Crippen molar-refractivity contribution in [2.45, 2.75) is 25.8 Å². The predicted octanol–water partition coefficient (Wildman–Crippen LogP) is 4.20. The maximum Gasteiger partial charge on any atom is 0.0386 e. The molecule has 2 rings (SSSR count). The lowest BCUT2D eigenvalue weighted by molar-refractivity contribution is 0.543. The van der Waals surface area contributed by atoms with Crippen LogP contribution in [0, 0.1) is 0 Å². The molecule has 2 unspecified atom stereocenters. The summed E-state index contributed by atoms with van der Waals surface area (Å²) in [7, 11) is 0. The van der Waals surface area contributed by atoms with E-state index in [1.165, 1.54) is 10.4 Å². The van der Waals surface area contributed by atoms with Crippen LogP contribution in [0.5, 0.6) is 0 Å². The summed E-state index contributed by atoms with van der Waals surface area (Å²) >= 11 is 1.82. The van der Waals surface area contributed by atoms with Crippen LogP contribution in [0.2, 0.25) is 0 Å². The molecule has 0 amide bonds. The summed E-state index contributed by atoms with van der Waals surface area (Å²) in [5, 5.41) is 5.73. The van der Waals surface area contributed by atoms with E-state index in [9.17, 15) is 0 Å². The van der Waals surface area contributed by atoms with E-state index < -0.39 is 0 Å². The van der Waals surface area contributed by atoms with Gasteiger partial charge in [-0.05, 0) is 29.9 Å². The zero-order valence-electron chi connectivity index (χ0n) is 10.4. The smallest absolute Gasteiger partial charge is 0.0386 e. The molecule has 0 radical (unpaired) electrons. The van der Waals surface area contributed by atoms with E-state index in [2.05, 4.69) is 67.0 Å². The van der Waals surface area contributed by atoms with Gasteiger partial charge in [-0.15, -0.1) is 11.3 Å². The van der Waals surface area contributed by atoms with Crippen molar-refractivity contribution >= 4 is 11.3 Å². The molecule has 1 nitrogen and oxygen atoms in total. The lowest BCUT2D eigenvalue weighted by atomic mass is 10.0. The van der Waals surface area contributed by atoms with Crippen LogP contribution < -0.4 is 5.32 Å². The number of hydrogen-bond donors (Lipinski definition) is 1. The highest BCUT2D eigenvalue weighted by atomic mass is 32.1. The lowest BCUT2D eigenvalue weighted by Gasteiger charge is -2.17. The van der Waals surface area contributed by atoms with Gasteiger partial charge in [-0.2, -0.15) is 0 Å². The second kappa shape index (κ2) is 5.99. The van der Waals surface area contributed by atoms with Crippen molar-refractivity contribution in [3.8, 4) is 0 Å². The Balaban J connectivity index is 1.86. The van der Waals surface area contributed by atoms with Crippen LogP contribution in [0.15, 0.2) is 47.8 Å². The van der Waals surface area contributed by atoms with Crippen LogP contribution in [-0.2, 0) is 0 Å². The molecule has 1 N–H and O–H groups in total. The van der Waals surface area contributed by atoms with Crippen LogP contribution in [-0.4, -0.2) is 6.54 Å². The third-order valence-corrected chi connectivity index (χ3v) is 4.12. The third-order valence-electron chi connectivity index (χ3n) is 3.07. The topological polar surface area (TPSA) is 12.0 Å². The first-order valence-corrected chi connectivity index (χ1v) is 6.97. The number of hydrogen-bond acceptors (Lipinski definition) is 2. The second-order valence-electron chi connectivity index (χ2n) is 4.46. The molecule has 2 aromatic rings. The summed E-state index contributed by atoms with van der Waals surface area (Å²) < 4.78 is 0. The molecule has 90 valence electrons. The zero-order chi connectivity index (χ0) is 12.1. The molecule has 2 atom stereocenters. The van der Waals surface area contributed by atoms with Gasteiger partial charge >= 0.3 is 0 Å². The summed E-state index contributed by atoms with van der Waals surface area (Å²) in [4.78, 5) is 1.41. The van der Waals surface area contributed by atoms with Crippen LogP contribution in [0.3, 0.4) is 0 Å². The molecule has 0 saturated heterocycles. The summed E-state index contributed by atoms with van der Waals surface area (Å²) in [6.45, 7) is 5.51. The normalized spacial score (nSPS) is 14.5. The molecule has 0 saturated carbocycles. The van der Waals surface area contributed by atoms with E-state index in [4.69, 9.17) is 0 Å². The van der Waals surface area contributed by atoms with E-state index >= 15 is 0 Å². The van der Waals surface area contributed by atoms with Gasteiger partial charge in [0.15, 0.2) is 0 Å². The third kappa shape index (κ3) is 3.42. The molecule has 0 fully saturated rings. The number of nitrogens with one attached hydrogen (secondary N) is 1. The van der Waals surface area contributed by atoms with Gasteiger partial charge in [0.25, 0.3) is 0 Å². The fraction of sp³-hybridized carbons (Fsp3) is 0.333. The largest absolute Gasteiger partial charge is 0.309 e. The predicted molar refractivity (Wildman–Crippen MR) is 75.6 cm³/mol. The highest BCUT2D eigenvalue weighted by Crippen LogP contribution is 2.20. The van der Waals surface area contributed by atoms with E-state index in [1.807, 2.05) is 11.3 Å². The minimum atomic E-state index is 0.446. The van der Waals surface area contributed by atoms with Crippen molar-refractivity contribution in [1.29, 1.82) is 0 Å². The maximum absolute atomic E-state index is 3.59. The van der Waals surface area contributed by atoms with Gasteiger partial charge in [0, 0.05) is 17.5 Å². The molecule has 0 bridgehead atoms. The van der Waals surface area contributed by atoms with Gasteiger partial charge in [0.2, 0.25) is 0 Å². The van der Waals surface area contributed by atoms with Crippen molar-refractivity contribution in [3.05, 3.63) is 58.3 Å². The Morgan fingerprint density at radius 2 is 1.82 bits per heavy atom. The van der Waals surface area contributed by atoms with E-state index in [-0.39, 0.29) is 0 Å². The highest BCUT2D eigenvalue weighted by molar-refractivity contribution is 7.10. The fourth-order valence-electron chi connectivity index (χ4n) is 1.89. The fourth-order valence-corrected chi connectivity index (χ4v) is 2.65. The Kier molecular flexibility index (Phi) is 4.35. The molecule has 1 aromatic carbocycles. The molecule has 1 heterocycles. The molecule has 17 heavy (non-hydrogen) atoms. The molecule has 0 aliphatic heterocycles. The lowest BCUT2D eigenvalue weighted by Crippen LogP contribution is -2.22. The number of benzene rings is 1. The first-order valence-electron chi connectivity index (χ1n) is 6.09. The van der Waals surface area contributed by atoms with Crippen molar-refractivity contribution in [1.82, 2.24) is 5.32 Å². The van der Waals surface area contributed by atoms with E-state index in [0.717, 1.165) is 6.54 Å². The number of thiophene rings is 1. The zero-order valence-corrected chi connectivity index (χ0v) is 11.2. The van der Waals surface area contributed by atoms with Crippen LogP contribution in [0.4, 0.5) is 0 Å². The minimum absolute atomic E-state index is 0.446. The molecule has 0 aliphatic carbocycles. The highest BCUT2D eigenvalue weighted by Gasteiger charge is 2.09. The molecule has 1 aromatic heterocycles. The van der Waals surface area contributed by atoms with Gasteiger partial charge in [-0.25, -0.2) is 0 Å². The van der Waals surface area contributed by atoms with E-state index in [1.54, 1.807) is 0 Å². The van der Waals surface area contributed by atoms with Crippen LogP contribution in [0.1, 0.15) is 36.2 Å².